The number of benzene rings is 1. The van der Waals surface area contributed by atoms with Crippen molar-refractivity contribution in [1.29, 1.82) is 0 Å². The van der Waals surface area contributed by atoms with Gasteiger partial charge in [0, 0.05) is 11.1 Å². The molecule has 0 heterocycles. The van der Waals surface area contributed by atoms with Gasteiger partial charge in [-0.3, -0.25) is 4.79 Å². The van der Waals surface area contributed by atoms with E-state index in [0.29, 0.717) is 0 Å². The quantitative estimate of drug-likeness (QED) is 0.606. The van der Waals surface area contributed by atoms with Crippen LogP contribution in [0.2, 0.25) is 0 Å². The molecule has 0 aliphatic carbocycles. The Kier molecular flexibility index (Phi) is 4.58. The van der Waals surface area contributed by atoms with Crippen molar-refractivity contribution in [3.05, 3.63) is 55.3 Å². The third-order valence-corrected chi connectivity index (χ3v) is 2.20. The van der Waals surface area contributed by atoms with Crippen molar-refractivity contribution in [2.45, 2.75) is 4.90 Å². The molecule has 72 valence electrons. The molecule has 0 saturated heterocycles. The minimum Gasteiger partial charge on any atom is -0.323 e. The first-order valence-corrected chi connectivity index (χ1v) is 4.95. The topological polar surface area (TPSA) is 29.1 Å². The highest BCUT2D eigenvalue weighted by atomic mass is 32.2. The fraction of sp³-hybridized carbons (Fsp3) is 0. The lowest BCUT2D eigenvalue weighted by molar-refractivity contribution is 0.263. The molecule has 3 heteroatoms. The molecule has 0 fully saturated rings. The highest BCUT2D eigenvalue weighted by Gasteiger charge is 1.99. The van der Waals surface area contributed by atoms with Crippen LogP contribution in [-0.4, -0.2) is 5.24 Å². The highest BCUT2D eigenvalue weighted by molar-refractivity contribution is 8.13. The molecule has 0 saturated carbocycles. The smallest absolute Gasteiger partial charge is 0.287 e. The fourth-order valence-electron chi connectivity index (χ4n) is 0.809. The summed E-state index contributed by atoms with van der Waals surface area (Å²) in [5.41, 5.74) is 0. The van der Waals surface area contributed by atoms with Gasteiger partial charge in [-0.1, -0.05) is 30.9 Å². The predicted octanol–water partition coefficient (Wildman–Crippen LogP) is 3.19. The summed E-state index contributed by atoms with van der Waals surface area (Å²) in [4.78, 5) is 12.2. The number of amides is 1. The minimum absolute atomic E-state index is 0.102. The van der Waals surface area contributed by atoms with Crippen LogP contribution in [0, 0.1) is 0 Å². The maximum absolute atomic E-state index is 11.3. The molecule has 1 aromatic rings. The van der Waals surface area contributed by atoms with E-state index in [2.05, 4.69) is 11.9 Å². The van der Waals surface area contributed by atoms with E-state index in [1.807, 2.05) is 30.3 Å². The van der Waals surface area contributed by atoms with Crippen LogP contribution >= 0.6 is 11.8 Å². The van der Waals surface area contributed by atoms with Crippen molar-refractivity contribution in [2.75, 3.05) is 0 Å². The molecule has 2 nitrogen and oxygen atoms in total. The Morgan fingerprint density at radius 1 is 1.36 bits per heavy atom. The van der Waals surface area contributed by atoms with Gasteiger partial charge in [0.05, 0.1) is 0 Å². The molecule has 0 atom stereocenters. The van der Waals surface area contributed by atoms with Crippen LogP contribution in [0.25, 0.3) is 0 Å². The number of carbonyl (C=O) groups excluding carboxylic acids is 1. The second kappa shape index (κ2) is 6.05. The van der Waals surface area contributed by atoms with Gasteiger partial charge in [-0.15, -0.1) is 0 Å². The van der Waals surface area contributed by atoms with Gasteiger partial charge in [0.1, 0.15) is 0 Å². The normalized spacial score (nSPS) is 10.0. The Balaban J connectivity index is 2.42. The number of thioether (sulfide) groups is 1. The van der Waals surface area contributed by atoms with Crippen molar-refractivity contribution in [3.8, 4) is 0 Å². The van der Waals surface area contributed by atoms with Crippen LogP contribution in [0.15, 0.2) is 60.2 Å². The molecule has 0 aromatic heterocycles. The lowest BCUT2D eigenvalue weighted by atomic mass is 10.4. The van der Waals surface area contributed by atoms with Crippen molar-refractivity contribution in [2.24, 2.45) is 0 Å². The van der Waals surface area contributed by atoms with Crippen LogP contribution in [0.1, 0.15) is 0 Å². The van der Waals surface area contributed by atoms with E-state index in [1.54, 1.807) is 18.4 Å². The molecule has 14 heavy (non-hydrogen) atoms. The summed E-state index contributed by atoms with van der Waals surface area (Å²) in [6.07, 6.45) is 4.84. The summed E-state index contributed by atoms with van der Waals surface area (Å²) in [7, 11) is 0. The summed E-state index contributed by atoms with van der Waals surface area (Å²) in [6.45, 7) is 3.50. The molecule has 1 aromatic carbocycles. The molecule has 1 N–H and O–H groups in total. The standard InChI is InChI=1S/C11H11NOS/c1-2-3-9-12-11(13)14-10-7-5-4-6-8-10/h2-9H,1H2,(H,12,13). The monoisotopic (exact) mass is 205 g/mol. The number of nitrogens with one attached hydrogen (secondary N) is 1. The summed E-state index contributed by atoms with van der Waals surface area (Å²) < 4.78 is 0. The first kappa shape index (κ1) is 10.6. The van der Waals surface area contributed by atoms with E-state index >= 15 is 0 Å². The van der Waals surface area contributed by atoms with E-state index in [4.69, 9.17) is 0 Å². The maximum Gasteiger partial charge on any atom is 0.287 e. The van der Waals surface area contributed by atoms with Crippen LogP contribution in [0.4, 0.5) is 4.79 Å². The summed E-state index contributed by atoms with van der Waals surface area (Å²) in [5, 5.41) is 2.50. The van der Waals surface area contributed by atoms with E-state index in [1.165, 1.54) is 0 Å². The van der Waals surface area contributed by atoms with Gasteiger partial charge in [-0.05, 0) is 30.0 Å². The van der Waals surface area contributed by atoms with Crippen LogP contribution in [-0.2, 0) is 0 Å². The zero-order valence-corrected chi connectivity index (χ0v) is 8.46. The molecule has 1 amide bonds. The van der Waals surface area contributed by atoms with Gasteiger partial charge in [0.2, 0.25) is 0 Å². The largest absolute Gasteiger partial charge is 0.323 e. The lowest BCUT2D eigenvalue weighted by Gasteiger charge is -1.98. The Labute approximate surface area is 87.7 Å². The molecule has 0 bridgehead atoms. The van der Waals surface area contributed by atoms with Gasteiger partial charge in [-0.25, -0.2) is 0 Å². The zero-order valence-electron chi connectivity index (χ0n) is 7.64. The number of carbonyl (C=O) groups is 1. The molecule has 0 spiro atoms. The van der Waals surface area contributed by atoms with Gasteiger partial charge < -0.3 is 5.32 Å². The molecule has 0 aliphatic heterocycles. The molecule has 0 unspecified atom stereocenters. The van der Waals surface area contributed by atoms with Crippen LogP contribution in [0.5, 0.6) is 0 Å². The third-order valence-electron chi connectivity index (χ3n) is 1.39. The van der Waals surface area contributed by atoms with E-state index in [9.17, 15) is 4.79 Å². The Bertz CT molecular complexity index is 332. The first-order valence-electron chi connectivity index (χ1n) is 4.14. The Hall–Kier alpha value is -1.48. The first-order chi connectivity index (χ1) is 6.83. The van der Waals surface area contributed by atoms with Crippen LogP contribution in [0.3, 0.4) is 0 Å². The average molecular weight is 205 g/mol. The van der Waals surface area contributed by atoms with Gasteiger partial charge >= 0.3 is 0 Å². The Morgan fingerprint density at radius 3 is 2.71 bits per heavy atom. The summed E-state index contributed by atoms with van der Waals surface area (Å²) in [5.74, 6) is 0. The molecule has 0 radical (unpaired) electrons. The predicted molar refractivity (Wildman–Crippen MR) is 60.2 cm³/mol. The highest BCUT2D eigenvalue weighted by Crippen LogP contribution is 2.17. The molecular formula is C11H11NOS. The number of rotatable bonds is 3. The third kappa shape index (κ3) is 3.96. The van der Waals surface area contributed by atoms with E-state index in [-0.39, 0.29) is 5.24 Å². The maximum atomic E-state index is 11.3. The SMILES string of the molecule is C=CC=CNC(=O)Sc1ccccc1. The van der Waals surface area contributed by atoms with Crippen molar-refractivity contribution in [3.63, 3.8) is 0 Å². The number of hydrogen-bond acceptors (Lipinski definition) is 2. The van der Waals surface area contributed by atoms with Crippen LogP contribution < -0.4 is 5.32 Å². The summed E-state index contributed by atoms with van der Waals surface area (Å²) >= 11 is 1.16. The zero-order chi connectivity index (χ0) is 10.2. The van der Waals surface area contributed by atoms with Gasteiger partial charge in [0.25, 0.3) is 5.24 Å². The average Bonchev–Trinajstić information content (AvgIpc) is 2.20. The van der Waals surface area contributed by atoms with Crippen molar-refractivity contribution >= 4 is 17.0 Å². The Morgan fingerprint density at radius 2 is 2.07 bits per heavy atom. The number of hydrogen-bond donors (Lipinski definition) is 1. The minimum atomic E-state index is -0.102. The fourth-order valence-corrected chi connectivity index (χ4v) is 1.44. The van der Waals surface area contributed by atoms with Crippen molar-refractivity contribution < 1.29 is 4.79 Å². The second-order valence-corrected chi connectivity index (χ2v) is 3.49. The molecule has 0 aliphatic rings. The van der Waals surface area contributed by atoms with Crippen molar-refractivity contribution in [1.82, 2.24) is 5.32 Å². The van der Waals surface area contributed by atoms with E-state index < -0.39 is 0 Å². The second-order valence-electron chi connectivity index (χ2n) is 2.44. The lowest BCUT2D eigenvalue weighted by Crippen LogP contribution is -2.09. The van der Waals surface area contributed by atoms with Gasteiger partial charge in [-0.2, -0.15) is 0 Å². The number of allylic oxidation sites excluding steroid dienone is 2. The summed E-state index contributed by atoms with van der Waals surface area (Å²) in [6, 6.07) is 9.49. The molecular weight excluding hydrogens is 194 g/mol. The van der Waals surface area contributed by atoms with Gasteiger partial charge in [0.15, 0.2) is 0 Å². The molecule has 1 rings (SSSR count). The van der Waals surface area contributed by atoms with E-state index in [0.717, 1.165) is 16.7 Å².